The van der Waals surface area contributed by atoms with E-state index in [9.17, 15) is 13.6 Å². The summed E-state index contributed by atoms with van der Waals surface area (Å²) in [6.07, 6.45) is 0. The summed E-state index contributed by atoms with van der Waals surface area (Å²) < 4.78 is 29.9. The molecule has 1 N–H and O–H groups in total. The summed E-state index contributed by atoms with van der Waals surface area (Å²) in [4.78, 5) is 12.5. The minimum atomic E-state index is -2.84. The maximum Gasteiger partial charge on any atom is 0.387 e. The van der Waals surface area contributed by atoms with Gasteiger partial charge in [-0.3, -0.25) is 4.79 Å². The molecule has 21 heavy (non-hydrogen) atoms. The third kappa shape index (κ3) is 4.76. The van der Waals surface area contributed by atoms with Crippen molar-refractivity contribution in [1.82, 2.24) is 5.32 Å². The van der Waals surface area contributed by atoms with Crippen molar-refractivity contribution in [3.63, 3.8) is 0 Å². The molecule has 0 aliphatic heterocycles. The van der Waals surface area contributed by atoms with Gasteiger partial charge in [-0.1, -0.05) is 12.1 Å². The molecule has 2 aromatic rings. The van der Waals surface area contributed by atoms with E-state index in [0.717, 1.165) is 13.8 Å². The highest BCUT2D eigenvalue weighted by Gasteiger charge is 2.11. The molecule has 0 saturated heterocycles. The van der Waals surface area contributed by atoms with Crippen LogP contribution in [0.3, 0.4) is 0 Å². The van der Waals surface area contributed by atoms with Crippen LogP contribution in [-0.2, 0) is 6.54 Å². The summed E-state index contributed by atoms with van der Waals surface area (Å²) in [5, 5.41) is 2.76. The lowest BCUT2D eigenvalue weighted by Crippen LogP contribution is -2.21. The molecule has 0 saturated carbocycles. The maximum atomic E-state index is 12.0. The molecule has 1 aromatic carbocycles. The first kappa shape index (κ1) is 16.4. The molecule has 0 aliphatic carbocycles. The zero-order valence-electron chi connectivity index (χ0n) is 10.4. The van der Waals surface area contributed by atoms with Gasteiger partial charge in [-0.25, -0.2) is 0 Å². The van der Waals surface area contributed by atoms with Gasteiger partial charge in [0.15, 0.2) is 0 Å². The number of alkyl halides is 2. The summed E-state index contributed by atoms with van der Waals surface area (Å²) in [6.45, 7) is -2.53. The van der Waals surface area contributed by atoms with Crippen LogP contribution in [0.15, 0.2) is 38.6 Å². The van der Waals surface area contributed by atoms with E-state index in [1.54, 1.807) is 18.2 Å². The Hall–Kier alpha value is -0.990. The number of nitrogens with one attached hydrogen (secondary N) is 1. The minimum absolute atomic E-state index is 0.0891. The Balaban J connectivity index is 1.92. The maximum absolute atomic E-state index is 12.0. The molecule has 1 amide bonds. The summed E-state index contributed by atoms with van der Waals surface area (Å²) in [5.74, 6) is -0.106. The number of rotatable bonds is 5. The SMILES string of the molecule is O=C(NCc1ccc(OC(F)F)cc1)c1cc(Br)c(Br)s1. The van der Waals surface area contributed by atoms with Gasteiger partial charge in [0.25, 0.3) is 5.91 Å². The molecule has 0 unspecified atom stereocenters. The molecule has 0 bridgehead atoms. The number of halogens is 4. The molecule has 112 valence electrons. The molecule has 0 spiro atoms. The Kier molecular flexibility index (Phi) is 5.72. The summed E-state index contributed by atoms with van der Waals surface area (Å²) >= 11 is 7.96. The van der Waals surface area contributed by atoms with Gasteiger partial charge in [-0.15, -0.1) is 11.3 Å². The van der Waals surface area contributed by atoms with Crippen LogP contribution in [0.2, 0.25) is 0 Å². The molecule has 0 fully saturated rings. The van der Waals surface area contributed by atoms with Crippen LogP contribution in [-0.4, -0.2) is 12.5 Å². The Morgan fingerprint density at radius 1 is 1.29 bits per heavy atom. The van der Waals surface area contributed by atoms with Crippen LogP contribution >= 0.6 is 43.2 Å². The van der Waals surface area contributed by atoms with Crippen molar-refractivity contribution >= 4 is 49.1 Å². The number of hydrogen-bond acceptors (Lipinski definition) is 3. The van der Waals surface area contributed by atoms with E-state index in [2.05, 4.69) is 41.9 Å². The van der Waals surface area contributed by atoms with E-state index in [0.29, 0.717) is 11.4 Å². The first-order valence-corrected chi connectivity index (χ1v) is 8.12. The summed E-state index contributed by atoms with van der Waals surface area (Å²) in [6, 6.07) is 7.85. The fraction of sp³-hybridized carbons (Fsp3) is 0.154. The second-order valence-electron chi connectivity index (χ2n) is 3.94. The molecule has 0 aliphatic rings. The highest BCUT2D eigenvalue weighted by Crippen LogP contribution is 2.32. The van der Waals surface area contributed by atoms with Crippen LogP contribution in [0.4, 0.5) is 8.78 Å². The second kappa shape index (κ2) is 7.33. The third-order valence-corrected chi connectivity index (χ3v) is 5.73. The predicted octanol–water partition coefficient (Wildman–Crippen LogP) is 4.80. The normalized spacial score (nSPS) is 10.7. The highest BCUT2D eigenvalue weighted by molar-refractivity contribution is 9.13. The number of carbonyl (C=O) groups is 1. The van der Waals surface area contributed by atoms with E-state index in [1.165, 1.54) is 23.5 Å². The lowest BCUT2D eigenvalue weighted by molar-refractivity contribution is -0.0498. The van der Waals surface area contributed by atoms with E-state index < -0.39 is 6.61 Å². The van der Waals surface area contributed by atoms with Gasteiger partial charge in [0.2, 0.25) is 0 Å². The van der Waals surface area contributed by atoms with Gasteiger partial charge in [-0.2, -0.15) is 8.78 Å². The average molecular weight is 441 g/mol. The number of amides is 1. The predicted molar refractivity (Wildman–Crippen MR) is 84.0 cm³/mol. The average Bonchev–Trinajstić information content (AvgIpc) is 2.77. The van der Waals surface area contributed by atoms with Crippen molar-refractivity contribution in [2.24, 2.45) is 0 Å². The van der Waals surface area contributed by atoms with Crippen molar-refractivity contribution in [2.45, 2.75) is 13.2 Å². The van der Waals surface area contributed by atoms with Gasteiger partial charge < -0.3 is 10.1 Å². The van der Waals surface area contributed by atoms with Crippen LogP contribution < -0.4 is 10.1 Å². The van der Waals surface area contributed by atoms with Crippen LogP contribution in [0.1, 0.15) is 15.2 Å². The second-order valence-corrected chi connectivity index (χ2v) is 7.16. The zero-order valence-corrected chi connectivity index (χ0v) is 14.4. The molecular weight excluding hydrogens is 432 g/mol. The number of benzene rings is 1. The molecule has 8 heteroatoms. The number of hydrogen-bond donors (Lipinski definition) is 1. The molecular formula is C13H9Br2F2NO2S. The molecule has 3 nitrogen and oxygen atoms in total. The third-order valence-electron chi connectivity index (χ3n) is 2.47. The Bertz CT molecular complexity index is 612. The van der Waals surface area contributed by atoms with E-state index in [1.807, 2.05) is 0 Å². The van der Waals surface area contributed by atoms with E-state index >= 15 is 0 Å². The Morgan fingerprint density at radius 3 is 2.48 bits per heavy atom. The Labute approximate surface area is 140 Å². The number of ether oxygens (including phenoxy) is 1. The largest absolute Gasteiger partial charge is 0.435 e. The van der Waals surface area contributed by atoms with E-state index in [4.69, 9.17) is 0 Å². The molecule has 1 heterocycles. The molecule has 0 radical (unpaired) electrons. The lowest BCUT2D eigenvalue weighted by atomic mass is 10.2. The van der Waals surface area contributed by atoms with Gasteiger partial charge >= 0.3 is 6.61 Å². The quantitative estimate of drug-likeness (QED) is 0.724. The van der Waals surface area contributed by atoms with Gasteiger partial charge in [0.1, 0.15) is 5.75 Å². The first-order valence-electron chi connectivity index (χ1n) is 5.72. The lowest BCUT2D eigenvalue weighted by Gasteiger charge is -2.06. The topological polar surface area (TPSA) is 38.3 Å². The van der Waals surface area contributed by atoms with Crippen LogP contribution in [0.5, 0.6) is 5.75 Å². The van der Waals surface area contributed by atoms with Crippen LogP contribution in [0.25, 0.3) is 0 Å². The molecule has 2 rings (SSSR count). The number of carbonyl (C=O) groups excluding carboxylic acids is 1. The minimum Gasteiger partial charge on any atom is -0.435 e. The van der Waals surface area contributed by atoms with Gasteiger partial charge in [0.05, 0.1) is 8.66 Å². The van der Waals surface area contributed by atoms with Crippen molar-refractivity contribution in [3.8, 4) is 5.75 Å². The van der Waals surface area contributed by atoms with Crippen LogP contribution in [0, 0.1) is 0 Å². The van der Waals surface area contributed by atoms with Crippen molar-refractivity contribution in [1.29, 1.82) is 0 Å². The zero-order chi connectivity index (χ0) is 15.4. The fourth-order valence-corrected chi connectivity index (χ4v) is 3.47. The summed E-state index contributed by atoms with van der Waals surface area (Å²) in [7, 11) is 0. The number of thiophene rings is 1. The summed E-state index contributed by atoms with van der Waals surface area (Å²) in [5.41, 5.74) is 0.791. The van der Waals surface area contributed by atoms with Crippen molar-refractivity contribution < 1.29 is 18.3 Å². The van der Waals surface area contributed by atoms with Crippen molar-refractivity contribution in [3.05, 3.63) is 49.0 Å². The molecule has 1 aromatic heterocycles. The highest BCUT2D eigenvalue weighted by atomic mass is 79.9. The Morgan fingerprint density at radius 2 is 1.95 bits per heavy atom. The monoisotopic (exact) mass is 439 g/mol. The fourth-order valence-electron chi connectivity index (χ4n) is 1.52. The van der Waals surface area contributed by atoms with Crippen molar-refractivity contribution in [2.75, 3.05) is 0 Å². The van der Waals surface area contributed by atoms with Gasteiger partial charge in [-0.05, 0) is 55.6 Å². The van der Waals surface area contributed by atoms with Gasteiger partial charge in [0, 0.05) is 11.0 Å². The van der Waals surface area contributed by atoms with E-state index in [-0.39, 0.29) is 11.7 Å². The molecule has 0 atom stereocenters. The smallest absolute Gasteiger partial charge is 0.387 e. The first-order chi connectivity index (χ1) is 9.95. The standard InChI is InChI=1S/C13H9Br2F2NO2S/c14-9-5-10(21-11(9)15)12(19)18-6-7-1-3-8(4-2-7)20-13(16)17/h1-5,13H,6H2,(H,18,19).